The second-order valence-electron chi connectivity index (χ2n) is 4.47. The molecule has 0 saturated heterocycles. The molecule has 0 amide bonds. The molecular weight excluding hydrogens is 328 g/mol. The van der Waals surface area contributed by atoms with Crippen LogP contribution in [0, 0.1) is 18.6 Å². The number of rotatable bonds is 3. The first kappa shape index (κ1) is 14.8. The Balaban J connectivity index is 2.72. The van der Waals surface area contributed by atoms with Crippen LogP contribution in [-0.4, -0.2) is 9.97 Å². The highest BCUT2D eigenvalue weighted by Gasteiger charge is 2.20. The van der Waals surface area contributed by atoms with E-state index in [-0.39, 0.29) is 21.5 Å². The van der Waals surface area contributed by atoms with Crippen LogP contribution >= 0.6 is 15.9 Å². The lowest BCUT2D eigenvalue weighted by molar-refractivity contribution is 0.584. The predicted octanol–water partition coefficient (Wildman–Crippen LogP) is 4.03. The van der Waals surface area contributed by atoms with E-state index in [4.69, 9.17) is 5.73 Å². The molecule has 0 spiro atoms. The van der Waals surface area contributed by atoms with Gasteiger partial charge in [-0.3, -0.25) is 0 Å². The van der Waals surface area contributed by atoms with Gasteiger partial charge in [-0.25, -0.2) is 18.7 Å². The van der Waals surface area contributed by atoms with E-state index in [1.54, 1.807) is 6.92 Å². The quantitative estimate of drug-likeness (QED) is 0.857. The molecular formula is C14H14BrF2N3. The van der Waals surface area contributed by atoms with Crippen LogP contribution in [0.2, 0.25) is 0 Å². The Labute approximate surface area is 124 Å². The minimum atomic E-state index is -0.686. The van der Waals surface area contributed by atoms with Crippen molar-refractivity contribution in [2.75, 3.05) is 5.73 Å². The fourth-order valence-corrected chi connectivity index (χ4v) is 2.24. The minimum absolute atomic E-state index is 0.177. The summed E-state index contributed by atoms with van der Waals surface area (Å²) < 4.78 is 28.4. The van der Waals surface area contributed by atoms with Crippen LogP contribution in [0.5, 0.6) is 0 Å². The van der Waals surface area contributed by atoms with Crippen LogP contribution in [-0.2, 0) is 6.42 Å². The molecule has 0 atom stereocenters. The number of nitrogens with zero attached hydrogens (tertiary/aromatic N) is 2. The Bertz CT molecular complexity index is 659. The Kier molecular flexibility index (Phi) is 4.32. The van der Waals surface area contributed by atoms with Gasteiger partial charge in [0.05, 0.1) is 15.7 Å². The number of hydrogen-bond acceptors (Lipinski definition) is 3. The van der Waals surface area contributed by atoms with Gasteiger partial charge < -0.3 is 5.73 Å². The van der Waals surface area contributed by atoms with Crippen molar-refractivity contribution >= 4 is 21.7 Å². The van der Waals surface area contributed by atoms with E-state index in [1.165, 1.54) is 12.1 Å². The monoisotopic (exact) mass is 341 g/mol. The van der Waals surface area contributed by atoms with E-state index in [0.29, 0.717) is 17.8 Å². The van der Waals surface area contributed by atoms with Gasteiger partial charge in [-0.2, -0.15) is 0 Å². The van der Waals surface area contributed by atoms with Crippen LogP contribution in [0.4, 0.5) is 14.6 Å². The highest BCUT2D eigenvalue weighted by Crippen LogP contribution is 2.32. The summed E-state index contributed by atoms with van der Waals surface area (Å²) in [5, 5.41) is 0. The smallest absolute Gasteiger partial charge is 0.149 e. The molecule has 0 aliphatic carbocycles. The van der Waals surface area contributed by atoms with E-state index >= 15 is 0 Å². The number of nitrogens with two attached hydrogens (primary N) is 1. The molecule has 3 nitrogen and oxygen atoms in total. The van der Waals surface area contributed by atoms with Crippen molar-refractivity contribution in [1.29, 1.82) is 0 Å². The Morgan fingerprint density at radius 2 is 1.95 bits per heavy atom. The van der Waals surface area contributed by atoms with Gasteiger partial charge in [0.25, 0.3) is 0 Å². The van der Waals surface area contributed by atoms with Crippen molar-refractivity contribution in [2.24, 2.45) is 0 Å². The number of aromatic nitrogens is 2. The van der Waals surface area contributed by atoms with Gasteiger partial charge in [0.15, 0.2) is 0 Å². The summed E-state index contributed by atoms with van der Waals surface area (Å²) in [7, 11) is 0. The molecule has 0 fully saturated rings. The third kappa shape index (κ3) is 2.65. The number of hydrogen-bond donors (Lipinski definition) is 1. The third-order valence-electron chi connectivity index (χ3n) is 2.98. The molecule has 0 unspecified atom stereocenters. The molecule has 2 aromatic rings. The lowest BCUT2D eigenvalue weighted by atomic mass is 10.1. The summed E-state index contributed by atoms with van der Waals surface area (Å²) in [5.74, 6) is -0.621. The van der Waals surface area contributed by atoms with Crippen molar-refractivity contribution < 1.29 is 8.78 Å². The normalized spacial score (nSPS) is 10.8. The molecule has 20 heavy (non-hydrogen) atoms. The van der Waals surface area contributed by atoms with Gasteiger partial charge in [-0.1, -0.05) is 6.92 Å². The van der Waals surface area contributed by atoms with E-state index in [2.05, 4.69) is 25.9 Å². The van der Waals surface area contributed by atoms with Crippen LogP contribution in [0.1, 0.15) is 24.7 Å². The van der Waals surface area contributed by atoms with Crippen molar-refractivity contribution in [3.8, 4) is 11.3 Å². The molecule has 0 radical (unpaired) electrons. The zero-order valence-corrected chi connectivity index (χ0v) is 12.8. The first-order chi connectivity index (χ1) is 9.45. The van der Waals surface area contributed by atoms with Gasteiger partial charge in [0.2, 0.25) is 0 Å². The average Bonchev–Trinajstić information content (AvgIpc) is 2.40. The van der Waals surface area contributed by atoms with Crippen molar-refractivity contribution in [3.63, 3.8) is 0 Å². The molecule has 0 bridgehead atoms. The van der Waals surface area contributed by atoms with Crippen molar-refractivity contribution in [3.05, 3.63) is 39.6 Å². The van der Waals surface area contributed by atoms with Crippen molar-refractivity contribution in [1.82, 2.24) is 9.97 Å². The number of nitrogen functional groups attached to an aromatic ring is 1. The molecule has 1 aromatic carbocycles. The van der Waals surface area contributed by atoms with Crippen LogP contribution < -0.4 is 5.73 Å². The zero-order valence-electron chi connectivity index (χ0n) is 11.2. The fourth-order valence-electron chi connectivity index (χ4n) is 1.91. The second kappa shape index (κ2) is 5.83. The third-order valence-corrected chi connectivity index (χ3v) is 3.60. The van der Waals surface area contributed by atoms with Gasteiger partial charge in [0.1, 0.15) is 23.3 Å². The van der Waals surface area contributed by atoms with Gasteiger partial charge in [0, 0.05) is 12.0 Å². The number of halogens is 3. The lowest BCUT2D eigenvalue weighted by Crippen LogP contribution is -2.06. The van der Waals surface area contributed by atoms with E-state index in [9.17, 15) is 8.78 Å². The van der Waals surface area contributed by atoms with Gasteiger partial charge >= 0.3 is 0 Å². The Hall–Kier alpha value is -1.56. The molecule has 0 aliphatic rings. The fraction of sp³-hybridized carbons (Fsp3) is 0.286. The molecule has 1 aromatic heterocycles. The highest BCUT2D eigenvalue weighted by atomic mass is 79.9. The molecule has 106 valence electrons. The van der Waals surface area contributed by atoms with E-state index < -0.39 is 11.6 Å². The van der Waals surface area contributed by atoms with Crippen LogP contribution in [0.15, 0.2) is 16.6 Å². The van der Waals surface area contributed by atoms with E-state index in [0.717, 1.165) is 6.42 Å². The number of benzene rings is 1. The summed E-state index contributed by atoms with van der Waals surface area (Å²) in [4.78, 5) is 8.40. The maximum absolute atomic E-state index is 14.2. The summed E-state index contributed by atoms with van der Waals surface area (Å²) in [6, 6.07) is 2.51. The summed E-state index contributed by atoms with van der Waals surface area (Å²) in [6.07, 6.45) is 1.43. The minimum Gasteiger partial charge on any atom is -0.383 e. The predicted molar refractivity (Wildman–Crippen MR) is 78.2 cm³/mol. The number of aryl methyl sites for hydroxylation is 1. The number of anilines is 1. The molecule has 6 heteroatoms. The molecule has 2 rings (SSSR count). The zero-order chi connectivity index (χ0) is 14.9. The SMILES string of the molecule is CCCc1nc(N)c(C)c(-c2c(F)ccc(Br)c2F)n1. The average molecular weight is 342 g/mol. The molecule has 0 aliphatic heterocycles. The van der Waals surface area contributed by atoms with Gasteiger partial charge in [-0.05, 0) is 41.4 Å². The maximum Gasteiger partial charge on any atom is 0.149 e. The largest absolute Gasteiger partial charge is 0.383 e. The topological polar surface area (TPSA) is 51.8 Å². The maximum atomic E-state index is 14.2. The van der Waals surface area contributed by atoms with Crippen molar-refractivity contribution in [2.45, 2.75) is 26.7 Å². The Morgan fingerprint density at radius 1 is 1.25 bits per heavy atom. The first-order valence-corrected chi connectivity index (χ1v) is 7.01. The van der Waals surface area contributed by atoms with Crippen LogP contribution in [0.3, 0.4) is 0 Å². The summed E-state index contributed by atoms with van der Waals surface area (Å²) >= 11 is 3.05. The molecule has 0 saturated carbocycles. The summed E-state index contributed by atoms with van der Waals surface area (Å²) in [5.41, 5.74) is 6.32. The van der Waals surface area contributed by atoms with E-state index in [1.807, 2.05) is 6.92 Å². The van der Waals surface area contributed by atoms with Gasteiger partial charge in [-0.15, -0.1) is 0 Å². The standard InChI is InChI=1S/C14H14BrF2N3/c1-3-4-10-19-13(7(2)14(18)20-10)11-9(16)6-5-8(15)12(11)17/h5-6H,3-4H2,1-2H3,(H2,18,19,20). The van der Waals surface area contributed by atoms with Crippen LogP contribution in [0.25, 0.3) is 11.3 Å². The summed E-state index contributed by atoms with van der Waals surface area (Å²) in [6.45, 7) is 3.62. The molecule has 2 N–H and O–H groups in total. The molecule has 1 heterocycles. The highest BCUT2D eigenvalue weighted by molar-refractivity contribution is 9.10. The second-order valence-corrected chi connectivity index (χ2v) is 5.32. The Morgan fingerprint density at radius 3 is 2.60 bits per heavy atom. The first-order valence-electron chi connectivity index (χ1n) is 6.22. The lowest BCUT2D eigenvalue weighted by Gasteiger charge is -2.12.